The third-order valence-electron chi connectivity index (χ3n) is 5.90. The zero-order valence-corrected chi connectivity index (χ0v) is 18.6. The smallest absolute Gasteiger partial charge is 0.253 e. The summed E-state index contributed by atoms with van der Waals surface area (Å²) in [7, 11) is 0. The molecule has 0 atom stereocenters. The molecule has 2 amide bonds. The van der Waals surface area contributed by atoms with Crippen LogP contribution >= 0.6 is 11.3 Å². The molecule has 0 saturated heterocycles. The Hall–Kier alpha value is -2.74. The fraction of sp³-hybridized carbons (Fsp3) is 0.455. The van der Waals surface area contributed by atoms with Gasteiger partial charge in [-0.15, -0.1) is 11.3 Å². The highest BCUT2D eigenvalue weighted by Crippen LogP contribution is 2.34. The fourth-order valence-corrected chi connectivity index (χ4v) is 5.24. The number of carbonyl (C=O) groups is 2. The summed E-state index contributed by atoms with van der Waals surface area (Å²) in [6.07, 6.45) is 4.57. The second-order valence-corrected chi connectivity index (χ2v) is 9.87. The minimum absolute atomic E-state index is 0.0956. The average molecular weight is 426 g/mol. The van der Waals surface area contributed by atoms with Gasteiger partial charge in [0.25, 0.3) is 5.91 Å². The number of hydrogen-bond donors (Lipinski definition) is 2. The Morgan fingerprint density at radius 1 is 1.23 bits per heavy atom. The second kappa shape index (κ2) is 7.50. The lowest BCUT2D eigenvalue weighted by atomic mass is 9.95. The van der Waals surface area contributed by atoms with Crippen LogP contribution in [-0.2, 0) is 4.79 Å². The van der Waals surface area contributed by atoms with Crippen LogP contribution in [-0.4, -0.2) is 32.1 Å². The summed E-state index contributed by atoms with van der Waals surface area (Å²) in [5.74, 6) is -0.779. The number of carbonyl (C=O) groups excluding carboxylic acids is 2. The van der Waals surface area contributed by atoms with Gasteiger partial charge in [0.05, 0.1) is 22.8 Å². The van der Waals surface area contributed by atoms with Gasteiger partial charge in [-0.1, -0.05) is 12.8 Å². The van der Waals surface area contributed by atoms with Gasteiger partial charge in [0.1, 0.15) is 5.54 Å². The maximum Gasteiger partial charge on any atom is 0.253 e. The van der Waals surface area contributed by atoms with Crippen LogP contribution in [0, 0.1) is 13.8 Å². The molecule has 3 heterocycles. The Labute approximate surface area is 179 Å². The quantitative estimate of drug-likeness (QED) is 0.647. The number of rotatable bonds is 5. The van der Waals surface area contributed by atoms with Gasteiger partial charge in [-0.3, -0.25) is 9.59 Å². The lowest BCUT2D eigenvalue weighted by molar-refractivity contribution is -0.123. The molecule has 3 N–H and O–H groups in total. The van der Waals surface area contributed by atoms with Gasteiger partial charge in [-0.05, 0) is 52.7 Å². The van der Waals surface area contributed by atoms with E-state index in [1.807, 2.05) is 24.6 Å². The predicted molar refractivity (Wildman–Crippen MR) is 119 cm³/mol. The number of hydrogen-bond acceptors (Lipinski definition) is 5. The molecular formula is C22H27N5O2S. The first kappa shape index (κ1) is 20.5. The Morgan fingerprint density at radius 3 is 2.50 bits per heavy atom. The Bertz CT molecular complexity index is 1140. The topological polar surface area (TPSA) is 103 Å². The van der Waals surface area contributed by atoms with Crippen LogP contribution in [0.1, 0.15) is 65.7 Å². The van der Waals surface area contributed by atoms with Crippen molar-refractivity contribution >= 4 is 34.2 Å². The molecule has 7 nitrogen and oxygen atoms in total. The van der Waals surface area contributed by atoms with Crippen molar-refractivity contribution in [1.29, 1.82) is 0 Å². The number of thiophene rings is 1. The van der Waals surface area contributed by atoms with E-state index in [2.05, 4.69) is 30.3 Å². The zero-order chi connectivity index (χ0) is 21.6. The SMILES string of the molecule is Cc1cc(-c2cc(C(=O)NC3(C(N)=O)CCCC3)c3cnn(C(C)C)c3n2)c(C)s1. The molecule has 0 aromatic carbocycles. The molecule has 1 aliphatic rings. The standard InChI is InChI=1S/C22H27N5O2S/c1-12(2)27-19-17(11-24-27)16(10-18(25-19)15-9-13(3)30-14(15)4)20(28)26-22(21(23)29)7-5-6-8-22/h9-12H,5-8H2,1-4H3,(H2,23,29)(H,26,28). The van der Waals surface area contributed by atoms with E-state index in [-0.39, 0.29) is 11.9 Å². The van der Waals surface area contributed by atoms with Crippen molar-refractivity contribution < 1.29 is 9.59 Å². The Kier molecular flexibility index (Phi) is 5.13. The minimum atomic E-state index is -0.976. The number of nitrogens with zero attached hydrogens (tertiary/aromatic N) is 3. The van der Waals surface area contributed by atoms with Gasteiger partial charge in [0, 0.05) is 21.4 Å². The van der Waals surface area contributed by atoms with Gasteiger partial charge in [0.2, 0.25) is 5.91 Å². The number of amides is 2. The minimum Gasteiger partial charge on any atom is -0.368 e. The summed E-state index contributed by atoms with van der Waals surface area (Å²) in [5.41, 5.74) is 7.58. The molecule has 1 aliphatic carbocycles. The number of aromatic nitrogens is 3. The molecule has 0 aliphatic heterocycles. The van der Waals surface area contributed by atoms with E-state index in [4.69, 9.17) is 10.7 Å². The molecule has 158 valence electrons. The molecule has 8 heteroatoms. The Morgan fingerprint density at radius 2 is 1.93 bits per heavy atom. The monoisotopic (exact) mass is 425 g/mol. The maximum atomic E-state index is 13.4. The largest absolute Gasteiger partial charge is 0.368 e. The van der Waals surface area contributed by atoms with Gasteiger partial charge >= 0.3 is 0 Å². The van der Waals surface area contributed by atoms with Crippen molar-refractivity contribution in [2.45, 2.75) is 65.0 Å². The molecule has 0 unspecified atom stereocenters. The van der Waals surface area contributed by atoms with E-state index in [1.165, 1.54) is 4.88 Å². The summed E-state index contributed by atoms with van der Waals surface area (Å²) in [5, 5.41) is 8.10. The molecule has 3 aromatic rings. The highest BCUT2D eigenvalue weighted by molar-refractivity contribution is 7.12. The second-order valence-electron chi connectivity index (χ2n) is 8.41. The van der Waals surface area contributed by atoms with Crippen LogP contribution in [0.15, 0.2) is 18.3 Å². The normalized spacial score (nSPS) is 15.8. The van der Waals surface area contributed by atoms with Gasteiger partial charge < -0.3 is 11.1 Å². The molecular weight excluding hydrogens is 398 g/mol. The van der Waals surface area contributed by atoms with E-state index in [9.17, 15) is 9.59 Å². The van der Waals surface area contributed by atoms with Crippen molar-refractivity contribution in [3.05, 3.63) is 33.6 Å². The van der Waals surface area contributed by atoms with E-state index in [0.29, 0.717) is 29.4 Å². The molecule has 1 saturated carbocycles. The number of primary amides is 1. The van der Waals surface area contributed by atoms with Crippen molar-refractivity contribution in [2.75, 3.05) is 0 Å². The molecule has 0 radical (unpaired) electrons. The van der Waals surface area contributed by atoms with Crippen molar-refractivity contribution in [3.63, 3.8) is 0 Å². The van der Waals surface area contributed by atoms with Crippen molar-refractivity contribution in [2.24, 2.45) is 5.73 Å². The summed E-state index contributed by atoms with van der Waals surface area (Å²) < 4.78 is 1.82. The summed E-state index contributed by atoms with van der Waals surface area (Å²) in [6, 6.07) is 3.99. The first-order chi connectivity index (χ1) is 14.2. The van der Waals surface area contributed by atoms with Crippen LogP contribution < -0.4 is 11.1 Å². The molecule has 0 bridgehead atoms. The molecule has 4 rings (SSSR count). The number of aryl methyl sites for hydroxylation is 2. The molecule has 30 heavy (non-hydrogen) atoms. The fourth-order valence-electron chi connectivity index (χ4n) is 4.30. The number of fused-ring (bicyclic) bond motifs is 1. The van der Waals surface area contributed by atoms with Gasteiger partial charge in [-0.2, -0.15) is 5.10 Å². The van der Waals surface area contributed by atoms with Gasteiger partial charge in [0.15, 0.2) is 5.65 Å². The summed E-state index contributed by atoms with van der Waals surface area (Å²) in [6.45, 7) is 8.17. The first-order valence-corrected chi connectivity index (χ1v) is 11.1. The number of pyridine rings is 1. The van der Waals surface area contributed by atoms with Crippen molar-refractivity contribution in [1.82, 2.24) is 20.1 Å². The van der Waals surface area contributed by atoms with Crippen LogP contribution in [0.5, 0.6) is 0 Å². The zero-order valence-electron chi connectivity index (χ0n) is 17.8. The van der Waals surface area contributed by atoms with Crippen LogP contribution in [0.3, 0.4) is 0 Å². The highest BCUT2D eigenvalue weighted by atomic mass is 32.1. The van der Waals surface area contributed by atoms with Crippen LogP contribution in [0.25, 0.3) is 22.3 Å². The lowest BCUT2D eigenvalue weighted by Crippen LogP contribution is -2.55. The maximum absolute atomic E-state index is 13.4. The van der Waals surface area contributed by atoms with E-state index < -0.39 is 11.4 Å². The molecule has 0 spiro atoms. The summed E-state index contributed by atoms with van der Waals surface area (Å²) in [4.78, 5) is 32.8. The average Bonchev–Trinajstić information content (AvgIpc) is 3.39. The van der Waals surface area contributed by atoms with Crippen LogP contribution in [0.2, 0.25) is 0 Å². The van der Waals surface area contributed by atoms with E-state index in [0.717, 1.165) is 29.0 Å². The third kappa shape index (κ3) is 3.39. The summed E-state index contributed by atoms with van der Waals surface area (Å²) >= 11 is 1.70. The third-order valence-corrected chi connectivity index (χ3v) is 6.86. The highest BCUT2D eigenvalue weighted by Gasteiger charge is 2.41. The van der Waals surface area contributed by atoms with E-state index >= 15 is 0 Å². The predicted octanol–water partition coefficient (Wildman–Crippen LogP) is 3.89. The molecule has 1 fully saturated rings. The van der Waals surface area contributed by atoms with Gasteiger partial charge in [-0.25, -0.2) is 9.67 Å². The van der Waals surface area contributed by atoms with E-state index in [1.54, 1.807) is 17.5 Å². The lowest BCUT2D eigenvalue weighted by Gasteiger charge is -2.26. The Balaban J connectivity index is 1.86. The molecule has 3 aromatic heterocycles. The number of nitrogens with two attached hydrogens (primary N) is 1. The van der Waals surface area contributed by atoms with Crippen molar-refractivity contribution in [3.8, 4) is 11.3 Å². The van der Waals surface area contributed by atoms with Crippen LogP contribution in [0.4, 0.5) is 0 Å². The first-order valence-electron chi connectivity index (χ1n) is 10.3. The number of nitrogens with one attached hydrogen (secondary N) is 1.